The van der Waals surface area contributed by atoms with Crippen molar-refractivity contribution < 1.29 is 4.79 Å². The smallest absolute Gasteiger partial charge is 0.274 e. The number of anilines is 1. The highest BCUT2D eigenvalue weighted by atomic mass is 32.1. The number of nitrogens with one attached hydrogen (secondary N) is 1. The van der Waals surface area contributed by atoms with Gasteiger partial charge >= 0.3 is 0 Å². The van der Waals surface area contributed by atoms with E-state index in [2.05, 4.69) is 15.4 Å². The molecule has 0 saturated carbocycles. The molecule has 0 aliphatic heterocycles. The van der Waals surface area contributed by atoms with E-state index in [0.717, 1.165) is 9.88 Å². The van der Waals surface area contributed by atoms with Crippen molar-refractivity contribution in [3.63, 3.8) is 0 Å². The van der Waals surface area contributed by atoms with Gasteiger partial charge in [0.1, 0.15) is 5.01 Å². The molecule has 1 amide bonds. The van der Waals surface area contributed by atoms with Crippen molar-refractivity contribution in [2.24, 2.45) is 0 Å². The Morgan fingerprint density at radius 3 is 2.94 bits per heavy atom. The molecule has 2 heterocycles. The Balaban J connectivity index is 2.01. The fraction of sp³-hybridized carbons (Fsp3) is 0.364. The number of thiazole rings is 1. The van der Waals surface area contributed by atoms with E-state index >= 15 is 0 Å². The number of amides is 1. The number of aryl methyl sites for hydroxylation is 2. The second kappa shape index (κ2) is 5.18. The van der Waals surface area contributed by atoms with Crippen LogP contribution in [0, 0.1) is 6.92 Å². The van der Waals surface area contributed by atoms with Gasteiger partial charge in [-0.3, -0.25) is 9.48 Å². The first kappa shape index (κ1) is 12.6. The van der Waals surface area contributed by atoms with Crippen LogP contribution in [0.2, 0.25) is 0 Å². The highest BCUT2D eigenvalue weighted by molar-refractivity contribution is 7.11. The van der Waals surface area contributed by atoms with Crippen LogP contribution in [0.25, 0.3) is 0 Å². The van der Waals surface area contributed by atoms with Crippen molar-refractivity contribution in [2.75, 3.05) is 5.73 Å². The average molecular weight is 265 g/mol. The monoisotopic (exact) mass is 265 g/mol. The number of carbonyl (C=O) groups excluding carboxylic acids is 1. The molecule has 7 heteroatoms. The highest BCUT2D eigenvalue weighted by Crippen LogP contribution is 2.12. The first-order chi connectivity index (χ1) is 8.60. The van der Waals surface area contributed by atoms with E-state index in [4.69, 9.17) is 5.73 Å². The summed E-state index contributed by atoms with van der Waals surface area (Å²) in [5.41, 5.74) is 6.40. The van der Waals surface area contributed by atoms with Crippen LogP contribution in [-0.2, 0) is 13.1 Å². The molecule has 2 aromatic heterocycles. The molecule has 6 nitrogen and oxygen atoms in total. The van der Waals surface area contributed by atoms with Gasteiger partial charge in [0.25, 0.3) is 5.91 Å². The molecule has 96 valence electrons. The fourth-order valence-electron chi connectivity index (χ4n) is 1.50. The molecule has 2 aromatic rings. The molecule has 0 bridgehead atoms. The summed E-state index contributed by atoms with van der Waals surface area (Å²) >= 11 is 1.56. The Morgan fingerprint density at radius 2 is 2.39 bits per heavy atom. The maximum atomic E-state index is 11.9. The minimum Gasteiger partial charge on any atom is -0.396 e. The standard InChI is InChI=1S/C11H15N5OS/c1-3-16-6-8(12)10(15-16)11(17)14-5-9-13-4-7(2)18-9/h4,6H,3,5,12H2,1-2H3,(H,14,17). The van der Waals surface area contributed by atoms with Crippen LogP contribution < -0.4 is 11.1 Å². The zero-order valence-corrected chi connectivity index (χ0v) is 11.1. The zero-order valence-electron chi connectivity index (χ0n) is 10.3. The number of nitrogens with two attached hydrogens (primary N) is 1. The highest BCUT2D eigenvalue weighted by Gasteiger charge is 2.14. The molecular weight excluding hydrogens is 250 g/mol. The predicted molar refractivity (Wildman–Crippen MR) is 70.3 cm³/mol. The third-order valence-electron chi connectivity index (χ3n) is 2.40. The van der Waals surface area contributed by atoms with Crippen molar-refractivity contribution in [2.45, 2.75) is 26.9 Å². The summed E-state index contributed by atoms with van der Waals surface area (Å²) in [6.07, 6.45) is 3.44. The summed E-state index contributed by atoms with van der Waals surface area (Å²) in [6.45, 7) is 5.00. The van der Waals surface area contributed by atoms with Gasteiger partial charge in [-0.2, -0.15) is 5.10 Å². The van der Waals surface area contributed by atoms with E-state index in [1.165, 1.54) is 0 Å². The molecular formula is C11H15N5OS. The Bertz CT molecular complexity index is 560. The molecule has 0 spiro atoms. The number of nitrogens with zero attached hydrogens (tertiary/aromatic N) is 3. The van der Waals surface area contributed by atoms with Crippen LogP contribution in [0.1, 0.15) is 27.3 Å². The SMILES string of the molecule is CCn1cc(N)c(C(=O)NCc2ncc(C)s2)n1. The summed E-state index contributed by atoms with van der Waals surface area (Å²) in [7, 11) is 0. The van der Waals surface area contributed by atoms with Crippen molar-refractivity contribution in [3.8, 4) is 0 Å². The van der Waals surface area contributed by atoms with Gasteiger partial charge in [-0.15, -0.1) is 11.3 Å². The molecule has 0 atom stereocenters. The largest absolute Gasteiger partial charge is 0.396 e. The maximum Gasteiger partial charge on any atom is 0.274 e. The number of aromatic nitrogens is 3. The number of rotatable bonds is 4. The number of carbonyl (C=O) groups is 1. The molecule has 2 rings (SSSR count). The van der Waals surface area contributed by atoms with Gasteiger partial charge < -0.3 is 11.1 Å². The van der Waals surface area contributed by atoms with Crippen LogP contribution in [0.3, 0.4) is 0 Å². The minimum atomic E-state index is -0.271. The van der Waals surface area contributed by atoms with Crippen molar-refractivity contribution in [3.05, 3.63) is 28.0 Å². The van der Waals surface area contributed by atoms with Crippen LogP contribution in [0.4, 0.5) is 5.69 Å². The average Bonchev–Trinajstić information content (AvgIpc) is 2.92. The van der Waals surface area contributed by atoms with E-state index in [-0.39, 0.29) is 11.6 Å². The molecule has 0 radical (unpaired) electrons. The quantitative estimate of drug-likeness (QED) is 0.869. The number of nitrogen functional groups attached to an aromatic ring is 1. The molecule has 0 unspecified atom stereocenters. The van der Waals surface area contributed by atoms with Gasteiger partial charge in [-0.05, 0) is 13.8 Å². The van der Waals surface area contributed by atoms with Gasteiger partial charge in [0, 0.05) is 23.8 Å². The molecule has 18 heavy (non-hydrogen) atoms. The Labute approximate surface area is 109 Å². The topological polar surface area (TPSA) is 85.8 Å². The number of hydrogen-bond acceptors (Lipinski definition) is 5. The summed E-state index contributed by atoms with van der Waals surface area (Å²) in [6, 6.07) is 0. The Morgan fingerprint density at radius 1 is 1.61 bits per heavy atom. The predicted octanol–water partition coefficient (Wildman–Crippen LogP) is 1.18. The lowest BCUT2D eigenvalue weighted by Gasteiger charge is -2.00. The summed E-state index contributed by atoms with van der Waals surface area (Å²) in [5, 5.41) is 7.74. The van der Waals surface area contributed by atoms with Gasteiger partial charge in [0.05, 0.1) is 12.2 Å². The van der Waals surface area contributed by atoms with Crippen molar-refractivity contribution >= 4 is 22.9 Å². The van der Waals surface area contributed by atoms with Gasteiger partial charge in [0.2, 0.25) is 0 Å². The maximum absolute atomic E-state index is 11.9. The van der Waals surface area contributed by atoms with E-state index in [9.17, 15) is 4.79 Å². The summed E-state index contributed by atoms with van der Waals surface area (Å²) in [4.78, 5) is 17.2. The summed E-state index contributed by atoms with van der Waals surface area (Å²) in [5.74, 6) is -0.271. The number of hydrogen-bond donors (Lipinski definition) is 2. The summed E-state index contributed by atoms with van der Waals surface area (Å²) < 4.78 is 1.64. The first-order valence-corrected chi connectivity index (χ1v) is 6.44. The van der Waals surface area contributed by atoms with Crippen molar-refractivity contribution in [1.29, 1.82) is 0 Å². The second-order valence-electron chi connectivity index (χ2n) is 3.84. The lowest BCUT2D eigenvalue weighted by molar-refractivity contribution is 0.0946. The molecule has 0 saturated heterocycles. The molecule has 3 N–H and O–H groups in total. The second-order valence-corrected chi connectivity index (χ2v) is 5.16. The fourth-order valence-corrected chi connectivity index (χ4v) is 2.22. The van der Waals surface area contributed by atoms with Crippen molar-refractivity contribution in [1.82, 2.24) is 20.1 Å². The van der Waals surface area contributed by atoms with Crippen LogP contribution in [0.5, 0.6) is 0 Å². The molecule has 0 fully saturated rings. The van der Waals surface area contributed by atoms with E-state index < -0.39 is 0 Å². The normalized spacial score (nSPS) is 10.6. The third kappa shape index (κ3) is 2.67. The molecule has 0 aliphatic carbocycles. The first-order valence-electron chi connectivity index (χ1n) is 5.62. The van der Waals surface area contributed by atoms with Crippen LogP contribution in [-0.4, -0.2) is 20.7 Å². The molecule has 0 aliphatic rings. The van der Waals surface area contributed by atoms with E-state index in [1.54, 1.807) is 28.4 Å². The van der Waals surface area contributed by atoms with Crippen LogP contribution >= 0.6 is 11.3 Å². The molecule has 0 aromatic carbocycles. The Hall–Kier alpha value is -1.89. The van der Waals surface area contributed by atoms with E-state index in [1.807, 2.05) is 13.8 Å². The van der Waals surface area contributed by atoms with Gasteiger partial charge in [-0.25, -0.2) is 4.98 Å². The minimum absolute atomic E-state index is 0.269. The van der Waals surface area contributed by atoms with E-state index in [0.29, 0.717) is 18.8 Å². The Kier molecular flexibility index (Phi) is 3.61. The lowest BCUT2D eigenvalue weighted by Crippen LogP contribution is -2.24. The third-order valence-corrected chi connectivity index (χ3v) is 3.31. The zero-order chi connectivity index (χ0) is 13.1. The lowest BCUT2D eigenvalue weighted by atomic mass is 10.3. The van der Waals surface area contributed by atoms with Crippen LogP contribution in [0.15, 0.2) is 12.4 Å². The van der Waals surface area contributed by atoms with Gasteiger partial charge in [-0.1, -0.05) is 0 Å². The van der Waals surface area contributed by atoms with Gasteiger partial charge in [0.15, 0.2) is 5.69 Å².